The van der Waals surface area contributed by atoms with Crippen LogP contribution < -0.4 is 15.4 Å². The van der Waals surface area contributed by atoms with Crippen molar-refractivity contribution in [2.24, 2.45) is 5.92 Å². The van der Waals surface area contributed by atoms with Crippen molar-refractivity contribution >= 4 is 17.5 Å². The summed E-state index contributed by atoms with van der Waals surface area (Å²) in [5.74, 6) is 2.04. The highest BCUT2D eigenvalue weighted by molar-refractivity contribution is 6.01. The van der Waals surface area contributed by atoms with E-state index >= 15 is 0 Å². The lowest BCUT2D eigenvalue weighted by Gasteiger charge is -2.36. The number of ether oxygens (including phenoxy) is 1. The number of unbranched alkanes of at least 4 members (excludes halogenated alkanes) is 3. The molecule has 2 N–H and O–H groups in total. The van der Waals surface area contributed by atoms with Crippen LogP contribution >= 0.6 is 0 Å². The number of piperazine rings is 1. The van der Waals surface area contributed by atoms with Crippen LogP contribution in [0.5, 0.6) is 6.01 Å². The molecule has 1 aliphatic carbocycles. The van der Waals surface area contributed by atoms with Crippen molar-refractivity contribution in [2.45, 2.75) is 71.1 Å². The summed E-state index contributed by atoms with van der Waals surface area (Å²) < 4.78 is 5.64. The van der Waals surface area contributed by atoms with Crippen LogP contribution in [0.2, 0.25) is 0 Å². The van der Waals surface area contributed by atoms with Crippen LogP contribution in [0.25, 0.3) is 0 Å². The maximum absolute atomic E-state index is 12.6. The third kappa shape index (κ3) is 6.57. The summed E-state index contributed by atoms with van der Waals surface area (Å²) in [6.07, 6.45) is 11.3. The fourth-order valence-electron chi connectivity index (χ4n) is 5.36. The van der Waals surface area contributed by atoms with E-state index in [1.165, 1.54) is 64.8 Å². The molecular formula is C25H42N6O2. The molecule has 0 bridgehead atoms. The molecule has 0 atom stereocenters. The summed E-state index contributed by atoms with van der Waals surface area (Å²) in [6, 6.07) is 0.284. The van der Waals surface area contributed by atoms with Gasteiger partial charge in [-0.3, -0.25) is 9.69 Å². The van der Waals surface area contributed by atoms with Gasteiger partial charge in [0.2, 0.25) is 5.91 Å². The Hall–Kier alpha value is -1.93. The van der Waals surface area contributed by atoms with E-state index in [1.54, 1.807) is 4.90 Å². The predicted octanol–water partition coefficient (Wildman–Crippen LogP) is 3.10. The molecule has 0 radical (unpaired) electrons. The Kier molecular flexibility index (Phi) is 8.78. The predicted molar refractivity (Wildman–Crippen MR) is 132 cm³/mol. The van der Waals surface area contributed by atoms with E-state index in [1.807, 2.05) is 0 Å². The van der Waals surface area contributed by atoms with Crippen molar-refractivity contribution in [1.82, 2.24) is 19.8 Å². The Morgan fingerprint density at radius 3 is 2.45 bits per heavy atom. The molecule has 1 aromatic rings. The molecule has 184 valence electrons. The highest BCUT2D eigenvalue weighted by Gasteiger charge is 2.32. The highest BCUT2D eigenvalue weighted by Crippen LogP contribution is 2.32. The molecule has 1 aromatic heterocycles. The number of aromatic nitrogens is 2. The van der Waals surface area contributed by atoms with Crippen molar-refractivity contribution in [3.05, 3.63) is 5.56 Å². The van der Waals surface area contributed by atoms with E-state index in [4.69, 9.17) is 10.5 Å². The molecule has 33 heavy (non-hydrogen) atoms. The first-order valence-corrected chi connectivity index (χ1v) is 13.2. The van der Waals surface area contributed by atoms with Gasteiger partial charge >= 0.3 is 6.01 Å². The Morgan fingerprint density at radius 1 is 0.970 bits per heavy atom. The van der Waals surface area contributed by atoms with Gasteiger partial charge in [-0.05, 0) is 44.6 Å². The zero-order valence-electron chi connectivity index (χ0n) is 20.4. The Morgan fingerprint density at radius 2 is 1.70 bits per heavy atom. The summed E-state index contributed by atoms with van der Waals surface area (Å²) in [7, 11) is 0. The first-order valence-electron chi connectivity index (χ1n) is 13.2. The zero-order chi connectivity index (χ0) is 23.0. The van der Waals surface area contributed by atoms with E-state index in [2.05, 4.69) is 26.7 Å². The van der Waals surface area contributed by atoms with Gasteiger partial charge in [0.05, 0.1) is 13.0 Å². The number of nitrogens with zero attached hydrogens (tertiary/aromatic N) is 5. The van der Waals surface area contributed by atoms with Gasteiger partial charge in [0, 0.05) is 44.8 Å². The second-order valence-electron chi connectivity index (χ2n) is 9.97. The number of carbonyl (C=O) groups is 1. The highest BCUT2D eigenvalue weighted by atomic mass is 16.5. The molecule has 2 fully saturated rings. The summed E-state index contributed by atoms with van der Waals surface area (Å²) in [4.78, 5) is 28.4. The van der Waals surface area contributed by atoms with Gasteiger partial charge in [0.1, 0.15) is 11.6 Å². The monoisotopic (exact) mass is 458 g/mol. The lowest BCUT2D eigenvalue weighted by molar-refractivity contribution is -0.117. The number of fused-ring (bicyclic) bond motifs is 1. The van der Waals surface area contributed by atoms with Gasteiger partial charge in [0.25, 0.3) is 0 Å². The largest absolute Gasteiger partial charge is 0.463 e. The number of amides is 1. The van der Waals surface area contributed by atoms with Crippen LogP contribution in [-0.2, 0) is 11.2 Å². The van der Waals surface area contributed by atoms with Crippen LogP contribution in [0, 0.1) is 5.92 Å². The summed E-state index contributed by atoms with van der Waals surface area (Å²) >= 11 is 0. The SMILES string of the molecule is CCCCOc1nc(N)c2c(n1)N(CCCCCN1CCN(CC3CCCC3)CC1)C(=O)C2. The molecule has 8 nitrogen and oxygen atoms in total. The Labute approximate surface area is 198 Å². The third-order valence-corrected chi connectivity index (χ3v) is 7.42. The molecule has 2 aliphatic heterocycles. The number of carbonyl (C=O) groups excluding carboxylic acids is 1. The average molecular weight is 459 g/mol. The maximum atomic E-state index is 12.6. The summed E-state index contributed by atoms with van der Waals surface area (Å²) in [5.41, 5.74) is 6.84. The Bertz CT molecular complexity index is 774. The second kappa shape index (κ2) is 12.0. The molecule has 0 spiro atoms. The molecule has 0 aromatic carbocycles. The molecule has 1 saturated heterocycles. The van der Waals surface area contributed by atoms with Gasteiger partial charge in [-0.25, -0.2) is 0 Å². The third-order valence-electron chi connectivity index (χ3n) is 7.42. The minimum atomic E-state index is 0.0649. The lowest BCUT2D eigenvalue weighted by atomic mass is 10.1. The quantitative estimate of drug-likeness (QED) is 0.482. The average Bonchev–Trinajstić information content (AvgIpc) is 3.43. The summed E-state index contributed by atoms with van der Waals surface area (Å²) in [6.45, 7) is 10.7. The molecule has 3 aliphatic rings. The Balaban J connectivity index is 1.16. The molecule has 3 heterocycles. The normalized spacial score (nSPS) is 20.0. The number of anilines is 2. The van der Waals surface area contributed by atoms with Crippen molar-refractivity contribution < 1.29 is 9.53 Å². The maximum Gasteiger partial charge on any atom is 0.320 e. The van der Waals surface area contributed by atoms with Crippen molar-refractivity contribution in [3.8, 4) is 6.01 Å². The smallest absolute Gasteiger partial charge is 0.320 e. The molecule has 4 rings (SSSR count). The van der Waals surface area contributed by atoms with Crippen LogP contribution in [0.4, 0.5) is 11.6 Å². The molecular weight excluding hydrogens is 416 g/mol. The first kappa shape index (κ1) is 24.2. The minimum Gasteiger partial charge on any atom is -0.463 e. The number of hydrogen-bond acceptors (Lipinski definition) is 7. The van der Waals surface area contributed by atoms with Gasteiger partial charge in [-0.1, -0.05) is 32.6 Å². The van der Waals surface area contributed by atoms with Gasteiger partial charge in [-0.15, -0.1) is 0 Å². The first-order chi connectivity index (χ1) is 16.1. The molecule has 1 saturated carbocycles. The van der Waals surface area contributed by atoms with E-state index in [0.717, 1.165) is 43.7 Å². The zero-order valence-corrected chi connectivity index (χ0v) is 20.4. The number of rotatable bonds is 12. The number of nitrogens with two attached hydrogens (primary N) is 1. The molecule has 0 unspecified atom stereocenters. The van der Waals surface area contributed by atoms with E-state index in [-0.39, 0.29) is 11.9 Å². The molecule has 8 heteroatoms. The summed E-state index contributed by atoms with van der Waals surface area (Å²) in [5, 5.41) is 0. The van der Waals surface area contributed by atoms with Crippen LogP contribution in [0.1, 0.15) is 70.3 Å². The van der Waals surface area contributed by atoms with Crippen LogP contribution in [0.3, 0.4) is 0 Å². The lowest BCUT2D eigenvalue weighted by Crippen LogP contribution is -2.47. The standard InChI is InChI=1S/C25H42N6O2/c1-2-3-17-33-25-27-23(26)21-18-22(32)31(24(21)28-25)12-8-4-7-11-29-13-15-30(16-14-29)19-20-9-5-6-10-20/h20H,2-19H2,1H3,(H2,26,27,28). The second-order valence-corrected chi connectivity index (χ2v) is 9.97. The topological polar surface area (TPSA) is 87.8 Å². The fourth-order valence-corrected chi connectivity index (χ4v) is 5.36. The van der Waals surface area contributed by atoms with Crippen molar-refractivity contribution in [1.29, 1.82) is 0 Å². The van der Waals surface area contributed by atoms with E-state index in [9.17, 15) is 4.79 Å². The van der Waals surface area contributed by atoms with Crippen LogP contribution in [0.15, 0.2) is 0 Å². The van der Waals surface area contributed by atoms with Gasteiger partial charge in [-0.2, -0.15) is 9.97 Å². The van der Waals surface area contributed by atoms with Gasteiger partial charge < -0.3 is 20.3 Å². The number of hydrogen-bond donors (Lipinski definition) is 1. The van der Waals surface area contributed by atoms with E-state index < -0.39 is 0 Å². The van der Waals surface area contributed by atoms with Crippen molar-refractivity contribution in [3.63, 3.8) is 0 Å². The van der Waals surface area contributed by atoms with Crippen molar-refractivity contribution in [2.75, 3.05) is 63.1 Å². The molecule has 1 amide bonds. The van der Waals surface area contributed by atoms with E-state index in [0.29, 0.717) is 31.2 Å². The number of nitrogen functional groups attached to an aromatic ring is 1. The van der Waals surface area contributed by atoms with Gasteiger partial charge in [0.15, 0.2) is 0 Å². The minimum absolute atomic E-state index is 0.0649. The van der Waals surface area contributed by atoms with Crippen LogP contribution in [-0.4, -0.2) is 78.1 Å². The fraction of sp³-hybridized carbons (Fsp3) is 0.800.